The van der Waals surface area contributed by atoms with E-state index >= 15 is 0 Å². The lowest BCUT2D eigenvalue weighted by Gasteiger charge is -2.61. The molecular formula is C32H54O2. The first-order chi connectivity index (χ1) is 15.1. The lowest BCUT2D eigenvalue weighted by atomic mass is 9.43. The van der Waals surface area contributed by atoms with Crippen LogP contribution in [0.3, 0.4) is 0 Å². The average Bonchev–Trinajstić information content (AvgIpc) is 2.64. The highest BCUT2D eigenvalue weighted by Gasteiger charge is 2.58. The Bertz CT molecular complexity index is 811. The van der Waals surface area contributed by atoms with Crippen LogP contribution < -0.4 is 0 Å². The van der Waals surface area contributed by atoms with Gasteiger partial charge in [-0.2, -0.15) is 0 Å². The zero-order valence-electron chi connectivity index (χ0n) is 24.6. The van der Waals surface area contributed by atoms with Crippen molar-refractivity contribution in [3.8, 4) is 0 Å². The van der Waals surface area contributed by atoms with E-state index in [1.54, 1.807) is 0 Å². The third-order valence-corrected chi connectivity index (χ3v) is 8.85. The molecule has 2 heteroatoms. The minimum atomic E-state index is -0.139. The summed E-state index contributed by atoms with van der Waals surface area (Å²) >= 11 is 0. The standard InChI is InChI=1S/C32H54O2/c1-14-15-26(31(29(8,9)10)18-16-24(33)22(20-31)27(2,3)4)32(30(11,12)13)19-17-25(34)23(21-32)28(5,6)7/h16-17,20-21,26,33-34H,14-15,18-19H2,1-13H3. The third-order valence-electron chi connectivity index (χ3n) is 8.85. The van der Waals surface area contributed by atoms with Crippen LogP contribution in [0.25, 0.3) is 0 Å². The van der Waals surface area contributed by atoms with Crippen LogP contribution >= 0.6 is 0 Å². The van der Waals surface area contributed by atoms with E-state index in [4.69, 9.17) is 0 Å². The van der Waals surface area contributed by atoms with Crippen LogP contribution in [-0.2, 0) is 0 Å². The maximum absolute atomic E-state index is 11.0. The van der Waals surface area contributed by atoms with Crippen LogP contribution in [0.2, 0.25) is 0 Å². The Hall–Kier alpha value is -1.44. The lowest BCUT2D eigenvalue weighted by Crippen LogP contribution is -2.54. The Kier molecular flexibility index (Phi) is 7.53. The number of rotatable bonds is 4. The minimum Gasteiger partial charge on any atom is -0.508 e. The Morgan fingerprint density at radius 3 is 1.24 bits per heavy atom. The number of aliphatic hydroxyl groups is 2. The van der Waals surface area contributed by atoms with Gasteiger partial charge in [-0.1, -0.05) is 109 Å². The van der Waals surface area contributed by atoms with Crippen molar-refractivity contribution >= 4 is 0 Å². The summed E-state index contributed by atoms with van der Waals surface area (Å²) in [5, 5.41) is 21.9. The highest BCUT2D eigenvalue weighted by Crippen LogP contribution is 2.66. The van der Waals surface area contributed by atoms with Gasteiger partial charge in [0.25, 0.3) is 0 Å². The molecule has 0 spiro atoms. The van der Waals surface area contributed by atoms with E-state index in [2.05, 4.69) is 114 Å². The number of aliphatic hydroxyl groups excluding tert-OH is 2. The van der Waals surface area contributed by atoms with Crippen LogP contribution in [0.15, 0.2) is 47.0 Å². The lowest BCUT2D eigenvalue weighted by molar-refractivity contribution is -0.0585. The molecule has 2 unspecified atom stereocenters. The van der Waals surface area contributed by atoms with Crippen LogP contribution in [0.4, 0.5) is 0 Å². The molecule has 0 saturated heterocycles. The Balaban J connectivity index is 2.98. The molecule has 0 aromatic carbocycles. The van der Waals surface area contributed by atoms with Gasteiger partial charge in [0, 0.05) is 10.8 Å². The monoisotopic (exact) mass is 470 g/mol. The molecule has 0 aromatic rings. The fourth-order valence-electron chi connectivity index (χ4n) is 6.57. The number of allylic oxidation sites excluding steroid dienone is 6. The second-order valence-corrected chi connectivity index (χ2v) is 15.1. The van der Waals surface area contributed by atoms with Gasteiger partial charge in [-0.05, 0) is 70.1 Å². The molecule has 0 aromatic heterocycles. The van der Waals surface area contributed by atoms with Crippen molar-refractivity contribution in [3.05, 3.63) is 47.0 Å². The van der Waals surface area contributed by atoms with Crippen molar-refractivity contribution in [1.29, 1.82) is 0 Å². The van der Waals surface area contributed by atoms with Crippen molar-refractivity contribution in [1.82, 2.24) is 0 Å². The van der Waals surface area contributed by atoms with E-state index in [1.807, 2.05) is 0 Å². The summed E-state index contributed by atoms with van der Waals surface area (Å²) in [7, 11) is 0. The summed E-state index contributed by atoms with van der Waals surface area (Å²) in [6, 6.07) is 0. The zero-order valence-corrected chi connectivity index (χ0v) is 24.6. The van der Waals surface area contributed by atoms with Crippen molar-refractivity contribution in [2.75, 3.05) is 0 Å². The van der Waals surface area contributed by atoms with Gasteiger partial charge in [-0.15, -0.1) is 0 Å². The molecule has 2 atom stereocenters. The Morgan fingerprint density at radius 1 is 0.676 bits per heavy atom. The SMILES string of the molecule is CCCC(C1(C(C)(C)C)C=C(C(C)(C)C)C(O)=CC1)C1(C(C)(C)C)C=C(C(C)(C)C)C(O)=CC1. The first-order valence-electron chi connectivity index (χ1n) is 13.4. The van der Waals surface area contributed by atoms with E-state index in [0.29, 0.717) is 17.4 Å². The molecule has 0 bridgehead atoms. The van der Waals surface area contributed by atoms with Crippen LogP contribution in [0, 0.1) is 38.4 Å². The molecule has 0 aliphatic heterocycles. The van der Waals surface area contributed by atoms with Crippen LogP contribution in [0.5, 0.6) is 0 Å². The van der Waals surface area contributed by atoms with Gasteiger partial charge < -0.3 is 10.2 Å². The average molecular weight is 471 g/mol. The van der Waals surface area contributed by atoms with Gasteiger partial charge in [0.15, 0.2) is 0 Å². The molecule has 2 aliphatic carbocycles. The van der Waals surface area contributed by atoms with Crippen molar-refractivity contribution in [2.24, 2.45) is 38.4 Å². The summed E-state index contributed by atoms with van der Waals surface area (Å²) in [5.74, 6) is 1.23. The normalized spacial score (nSPS) is 28.0. The summed E-state index contributed by atoms with van der Waals surface area (Å²) in [6.45, 7) is 29.8. The van der Waals surface area contributed by atoms with Gasteiger partial charge >= 0.3 is 0 Å². The summed E-state index contributed by atoms with van der Waals surface area (Å²) in [6.07, 6.45) is 13.0. The van der Waals surface area contributed by atoms with E-state index < -0.39 is 0 Å². The second-order valence-electron chi connectivity index (χ2n) is 15.1. The highest BCUT2D eigenvalue weighted by atomic mass is 16.3. The van der Waals surface area contributed by atoms with Crippen molar-refractivity contribution < 1.29 is 10.2 Å². The fourth-order valence-corrected chi connectivity index (χ4v) is 6.57. The van der Waals surface area contributed by atoms with Crippen LogP contribution in [-0.4, -0.2) is 10.2 Å². The van der Waals surface area contributed by atoms with E-state index in [1.165, 1.54) is 0 Å². The maximum Gasteiger partial charge on any atom is 0.115 e. The highest BCUT2D eigenvalue weighted by molar-refractivity contribution is 5.42. The van der Waals surface area contributed by atoms with Crippen molar-refractivity contribution in [2.45, 2.75) is 116 Å². The maximum atomic E-state index is 11.0. The Labute approximate surface area is 211 Å². The molecule has 0 heterocycles. The predicted octanol–water partition coefficient (Wildman–Crippen LogP) is 10.1. The molecular weight excluding hydrogens is 416 g/mol. The first-order valence-corrected chi connectivity index (χ1v) is 13.4. The fraction of sp³-hybridized carbons (Fsp3) is 0.750. The molecule has 34 heavy (non-hydrogen) atoms. The third kappa shape index (κ3) is 4.93. The van der Waals surface area contributed by atoms with Gasteiger partial charge in [0.2, 0.25) is 0 Å². The largest absolute Gasteiger partial charge is 0.508 e. The molecule has 2 aliphatic rings. The topological polar surface area (TPSA) is 40.5 Å². The number of hydrogen-bond donors (Lipinski definition) is 2. The summed E-state index contributed by atoms with van der Waals surface area (Å²) in [4.78, 5) is 0. The van der Waals surface area contributed by atoms with Gasteiger partial charge in [0.1, 0.15) is 11.5 Å². The molecule has 194 valence electrons. The van der Waals surface area contributed by atoms with Crippen LogP contribution in [0.1, 0.15) is 116 Å². The summed E-state index contributed by atoms with van der Waals surface area (Å²) < 4.78 is 0. The molecule has 2 nitrogen and oxygen atoms in total. The molecule has 0 amide bonds. The predicted molar refractivity (Wildman–Crippen MR) is 148 cm³/mol. The zero-order chi connectivity index (χ0) is 26.5. The van der Waals surface area contributed by atoms with Crippen molar-refractivity contribution in [3.63, 3.8) is 0 Å². The molecule has 0 fully saturated rings. The molecule has 2 N–H and O–H groups in total. The second kappa shape index (κ2) is 8.90. The summed E-state index contributed by atoms with van der Waals surface area (Å²) in [5.41, 5.74) is 1.55. The van der Waals surface area contributed by atoms with E-state index in [-0.39, 0.29) is 32.5 Å². The molecule has 2 rings (SSSR count). The Morgan fingerprint density at radius 2 is 1.00 bits per heavy atom. The molecule has 0 saturated carbocycles. The quantitative estimate of drug-likeness (QED) is 0.429. The smallest absolute Gasteiger partial charge is 0.115 e. The first kappa shape index (κ1) is 28.8. The van der Waals surface area contributed by atoms with Gasteiger partial charge in [-0.3, -0.25) is 0 Å². The van der Waals surface area contributed by atoms with Gasteiger partial charge in [0.05, 0.1) is 0 Å². The minimum absolute atomic E-state index is 0.0161. The van der Waals surface area contributed by atoms with Gasteiger partial charge in [-0.25, -0.2) is 0 Å². The molecule has 0 radical (unpaired) electrons. The van der Waals surface area contributed by atoms with E-state index in [9.17, 15) is 10.2 Å². The van der Waals surface area contributed by atoms with E-state index in [0.717, 1.165) is 36.8 Å². The number of hydrogen-bond acceptors (Lipinski definition) is 2.